The highest BCUT2D eigenvalue weighted by molar-refractivity contribution is 8.01. The zero-order valence-corrected chi connectivity index (χ0v) is 10.1. The maximum atomic E-state index is 11.5. The molecule has 0 bridgehead atoms. The molecule has 0 spiro atoms. The second-order valence-corrected chi connectivity index (χ2v) is 5.14. The number of carbonyl (C=O) groups excluding carboxylic acids is 1. The van der Waals surface area contributed by atoms with Gasteiger partial charge in [0.2, 0.25) is 5.13 Å². The summed E-state index contributed by atoms with van der Waals surface area (Å²) in [6.45, 7) is 1.44. The Morgan fingerprint density at radius 2 is 2.44 bits per heavy atom. The summed E-state index contributed by atoms with van der Waals surface area (Å²) in [4.78, 5) is 11.5. The number of nitrogens with zero attached hydrogens (tertiary/aromatic N) is 3. The fraction of sp³-hybridized carbons (Fsp3) is 0.375. The molecule has 6 nitrogen and oxygen atoms in total. The van der Waals surface area contributed by atoms with Crippen molar-refractivity contribution in [2.75, 3.05) is 11.5 Å². The zero-order valence-electron chi connectivity index (χ0n) is 8.43. The van der Waals surface area contributed by atoms with Gasteiger partial charge in [0, 0.05) is 5.71 Å². The van der Waals surface area contributed by atoms with Gasteiger partial charge in [-0.05, 0) is 6.92 Å². The summed E-state index contributed by atoms with van der Waals surface area (Å²) in [5, 5.41) is 23.7. The van der Waals surface area contributed by atoms with Crippen LogP contribution in [-0.2, 0) is 4.79 Å². The molecule has 1 aromatic rings. The van der Waals surface area contributed by atoms with E-state index in [9.17, 15) is 4.79 Å². The molecular formula is C8H9N5OS2. The Bertz CT molecular complexity index is 450. The van der Waals surface area contributed by atoms with Crippen LogP contribution in [0.15, 0.2) is 4.34 Å². The summed E-state index contributed by atoms with van der Waals surface area (Å²) in [5.41, 5.74) is 5.44. The Labute approximate surface area is 100 Å². The number of hydrogen-bond donors (Lipinski definition) is 2. The first kappa shape index (κ1) is 12.6. The van der Waals surface area contributed by atoms with E-state index in [1.54, 1.807) is 6.07 Å². The zero-order chi connectivity index (χ0) is 12.1. The van der Waals surface area contributed by atoms with Gasteiger partial charge in [0.15, 0.2) is 10.1 Å². The molecule has 0 radical (unpaired) electrons. The number of nitrogen functional groups attached to an aromatic ring is 1. The van der Waals surface area contributed by atoms with Gasteiger partial charge in [-0.25, -0.2) is 0 Å². The smallest absolute Gasteiger partial charge is 0.203 e. The van der Waals surface area contributed by atoms with Gasteiger partial charge in [0.25, 0.3) is 0 Å². The molecule has 8 heteroatoms. The van der Waals surface area contributed by atoms with Gasteiger partial charge in [-0.3, -0.25) is 4.79 Å². The fourth-order valence-electron chi connectivity index (χ4n) is 0.905. The molecule has 0 aliphatic rings. The number of nitrogens with one attached hydrogen (secondary N) is 1. The normalized spacial score (nSPS) is 11.8. The van der Waals surface area contributed by atoms with Crippen LogP contribution in [0.5, 0.6) is 0 Å². The summed E-state index contributed by atoms with van der Waals surface area (Å²) in [7, 11) is 0. The SMILES string of the molecule is CC(=N)C(C#N)C(=O)CSc1nnc(N)s1. The summed E-state index contributed by atoms with van der Waals surface area (Å²) < 4.78 is 0.588. The Hall–Kier alpha value is -1.46. The molecule has 0 saturated heterocycles. The molecule has 0 amide bonds. The maximum absolute atomic E-state index is 11.5. The molecule has 1 unspecified atom stereocenters. The van der Waals surface area contributed by atoms with E-state index in [4.69, 9.17) is 16.4 Å². The van der Waals surface area contributed by atoms with Crippen molar-refractivity contribution < 1.29 is 4.79 Å². The molecule has 0 aromatic carbocycles. The lowest BCUT2D eigenvalue weighted by molar-refractivity contribution is -0.117. The third kappa shape index (κ3) is 3.29. The van der Waals surface area contributed by atoms with Crippen LogP contribution in [0, 0.1) is 22.7 Å². The third-order valence-corrected chi connectivity index (χ3v) is 3.55. The highest BCUT2D eigenvalue weighted by Gasteiger charge is 2.20. The Morgan fingerprint density at radius 1 is 1.75 bits per heavy atom. The number of carbonyl (C=O) groups is 1. The van der Waals surface area contributed by atoms with E-state index in [2.05, 4.69) is 10.2 Å². The Morgan fingerprint density at radius 3 is 2.88 bits per heavy atom. The second kappa shape index (κ2) is 5.58. The van der Waals surface area contributed by atoms with Crippen LogP contribution in [-0.4, -0.2) is 27.4 Å². The predicted molar refractivity (Wildman–Crippen MR) is 62.6 cm³/mol. The molecule has 1 atom stereocenters. The van der Waals surface area contributed by atoms with Crippen molar-refractivity contribution in [3.8, 4) is 6.07 Å². The number of Topliss-reactive ketones (excluding diaryl/α,β-unsaturated/α-hetero) is 1. The lowest BCUT2D eigenvalue weighted by Gasteiger charge is -2.03. The minimum atomic E-state index is -0.960. The van der Waals surface area contributed by atoms with E-state index in [1.807, 2.05) is 0 Å². The van der Waals surface area contributed by atoms with Gasteiger partial charge in [-0.15, -0.1) is 10.2 Å². The van der Waals surface area contributed by atoms with Crippen molar-refractivity contribution in [1.82, 2.24) is 10.2 Å². The monoisotopic (exact) mass is 255 g/mol. The maximum Gasteiger partial charge on any atom is 0.203 e. The lowest BCUT2D eigenvalue weighted by atomic mass is 10.0. The van der Waals surface area contributed by atoms with Crippen molar-refractivity contribution >= 4 is 39.7 Å². The van der Waals surface area contributed by atoms with Gasteiger partial charge in [-0.2, -0.15) is 5.26 Å². The number of aromatic nitrogens is 2. The first-order valence-electron chi connectivity index (χ1n) is 4.23. The molecule has 84 valence electrons. The number of rotatable bonds is 5. The largest absolute Gasteiger partial charge is 0.374 e. The molecule has 16 heavy (non-hydrogen) atoms. The molecule has 1 heterocycles. The van der Waals surface area contributed by atoms with Crippen molar-refractivity contribution in [2.24, 2.45) is 5.92 Å². The van der Waals surface area contributed by atoms with Crippen LogP contribution in [0.2, 0.25) is 0 Å². The van der Waals surface area contributed by atoms with Crippen molar-refractivity contribution in [3.05, 3.63) is 0 Å². The highest BCUT2D eigenvalue weighted by atomic mass is 32.2. The van der Waals surface area contributed by atoms with E-state index in [0.717, 1.165) is 0 Å². The molecule has 0 aliphatic carbocycles. The number of anilines is 1. The van der Waals surface area contributed by atoms with Crippen LogP contribution in [0.25, 0.3) is 0 Å². The van der Waals surface area contributed by atoms with Crippen LogP contribution >= 0.6 is 23.1 Å². The van der Waals surface area contributed by atoms with Crippen molar-refractivity contribution in [3.63, 3.8) is 0 Å². The molecular weight excluding hydrogens is 246 g/mol. The standard InChI is InChI=1S/C8H9N5OS2/c1-4(10)5(2-9)6(14)3-15-8-13-12-7(11)16-8/h5,10H,3H2,1H3,(H2,11,12). The van der Waals surface area contributed by atoms with Crippen molar-refractivity contribution in [2.45, 2.75) is 11.3 Å². The van der Waals surface area contributed by atoms with Crippen LogP contribution < -0.4 is 5.73 Å². The summed E-state index contributed by atoms with van der Waals surface area (Å²) in [5.74, 6) is -1.16. The number of nitrogens with two attached hydrogens (primary N) is 1. The predicted octanol–water partition coefficient (Wildman–Crippen LogP) is 0.961. The summed E-state index contributed by atoms with van der Waals surface area (Å²) in [6, 6.07) is 1.80. The molecule has 3 N–H and O–H groups in total. The van der Waals surface area contributed by atoms with Gasteiger partial charge in [-0.1, -0.05) is 23.1 Å². The molecule has 0 aliphatic heterocycles. The lowest BCUT2D eigenvalue weighted by Crippen LogP contribution is -2.21. The Kier molecular flexibility index (Phi) is 4.39. The summed E-state index contributed by atoms with van der Waals surface area (Å²) >= 11 is 2.37. The first-order valence-corrected chi connectivity index (χ1v) is 6.04. The third-order valence-electron chi connectivity index (χ3n) is 1.64. The van der Waals surface area contributed by atoms with E-state index in [1.165, 1.54) is 30.0 Å². The first-order chi connectivity index (χ1) is 7.54. The van der Waals surface area contributed by atoms with E-state index >= 15 is 0 Å². The van der Waals surface area contributed by atoms with Gasteiger partial charge in [0.1, 0.15) is 5.92 Å². The number of nitriles is 1. The minimum Gasteiger partial charge on any atom is -0.374 e. The number of ketones is 1. The van der Waals surface area contributed by atoms with Gasteiger partial charge in [0.05, 0.1) is 11.8 Å². The molecule has 1 rings (SSSR count). The molecule has 1 aromatic heterocycles. The Balaban J connectivity index is 2.53. The number of hydrogen-bond acceptors (Lipinski definition) is 8. The van der Waals surface area contributed by atoms with E-state index in [-0.39, 0.29) is 17.2 Å². The van der Waals surface area contributed by atoms with Crippen LogP contribution in [0.1, 0.15) is 6.92 Å². The molecule has 0 fully saturated rings. The quantitative estimate of drug-likeness (QED) is 0.598. The average Bonchev–Trinajstić information content (AvgIpc) is 2.62. The van der Waals surface area contributed by atoms with Gasteiger partial charge < -0.3 is 11.1 Å². The van der Waals surface area contributed by atoms with E-state index in [0.29, 0.717) is 9.47 Å². The van der Waals surface area contributed by atoms with Crippen LogP contribution in [0.4, 0.5) is 5.13 Å². The highest BCUT2D eigenvalue weighted by Crippen LogP contribution is 2.24. The number of thioether (sulfide) groups is 1. The van der Waals surface area contributed by atoms with Crippen molar-refractivity contribution in [1.29, 1.82) is 10.7 Å². The molecule has 0 saturated carbocycles. The average molecular weight is 255 g/mol. The fourth-order valence-corrected chi connectivity index (χ4v) is 2.45. The van der Waals surface area contributed by atoms with Gasteiger partial charge >= 0.3 is 0 Å². The minimum absolute atomic E-state index is 0.0601. The second-order valence-electron chi connectivity index (χ2n) is 2.91. The summed E-state index contributed by atoms with van der Waals surface area (Å²) in [6.07, 6.45) is 0. The van der Waals surface area contributed by atoms with E-state index < -0.39 is 5.92 Å². The van der Waals surface area contributed by atoms with Crippen LogP contribution in [0.3, 0.4) is 0 Å². The topological polar surface area (TPSA) is 117 Å².